The van der Waals surface area contributed by atoms with Crippen molar-refractivity contribution in [3.05, 3.63) is 102 Å². The third-order valence-electron chi connectivity index (χ3n) is 5.83. The summed E-state index contributed by atoms with van der Waals surface area (Å²) >= 11 is 0. The van der Waals surface area contributed by atoms with Crippen LogP contribution in [0.1, 0.15) is 35.8 Å². The van der Waals surface area contributed by atoms with Crippen LogP contribution < -0.4 is 21.1 Å². The van der Waals surface area contributed by atoms with Crippen molar-refractivity contribution < 1.29 is 13.9 Å². The van der Waals surface area contributed by atoms with Crippen LogP contribution in [0.4, 0.5) is 27.3 Å². The summed E-state index contributed by atoms with van der Waals surface area (Å²) < 4.78 is 20.3. The van der Waals surface area contributed by atoms with Crippen LogP contribution in [0.5, 0.6) is 11.5 Å². The number of rotatable bonds is 7. The van der Waals surface area contributed by atoms with Gasteiger partial charge in [0, 0.05) is 17.1 Å². The van der Waals surface area contributed by atoms with Crippen LogP contribution in [-0.2, 0) is 0 Å². The van der Waals surface area contributed by atoms with Gasteiger partial charge in [0.15, 0.2) is 11.4 Å². The lowest BCUT2D eigenvalue weighted by Gasteiger charge is -2.16. The van der Waals surface area contributed by atoms with E-state index in [0.29, 0.717) is 40.0 Å². The summed E-state index contributed by atoms with van der Waals surface area (Å²) in [6, 6.07) is 21.7. The molecule has 3 aromatic carbocycles. The molecule has 0 radical (unpaired) electrons. The molecule has 8 nitrogen and oxygen atoms in total. The van der Waals surface area contributed by atoms with Crippen molar-refractivity contribution in [2.45, 2.75) is 19.8 Å². The Bertz CT molecular complexity index is 1620. The van der Waals surface area contributed by atoms with E-state index in [1.807, 2.05) is 12.1 Å². The zero-order chi connectivity index (χ0) is 26.6. The van der Waals surface area contributed by atoms with Gasteiger partial charge in [-0.25, -0.2) is 19.3 Å². The summed E-state index contributed by atoms with van der Waals surface area (Å²) in [5, 5.41) is 6.76. The summed E-state index contributed by atoms with van der Waals surface area (Å²) in [5.41, 5.74) is 8.79. The summed E-state index contributed by atoms with van der Waals surface area (Å²) in [5.74, 6) is 0.628. The first-order valence-electron chi connectivity index (χ1n) is 12.0. The first-order valence-corrected chi connectivity index (χ1v) is 12.0. The van der Waals surface area contributed by atoms with E-state index in [1.54, 1.807) is 48.5 Å². The molecule has 9 heteroatoms. The number of benzene rings is 3. The Kier molecular flexibility index (Phi) is 6.82. The van der Waals surface area contributed by atoms with Crippen molar-refractivity contribution in [2.24, 2.45) is 0 Å². The van der Waals surface area contributed by atoms with Crippen LogP contribution >= 0.6 is 0 Å². The van der Waals surface area contributed by atoms with Gasteiger partial charge >= 0.3 is 0 Å². The van der Waals surface area contributed by atoms with Crippen molar-refractivity contribution in [3.8, 4) is 11.5 Å². The van der Waals surface area contributed by atoms with Gasteiger partial charge in [0.05, 0.1) is 16.6 Å². The molecule has 1 amide bonds. The van der Waals surface area contributed by atoms with Crippen LogP contribution in [0, 0.1) is 5.82 Å². The molecule has 2 heterocycles. The molecular weight excluding hydrogens is 483 g/mol. The van der Waals surface area contributed by atoms with E-state index in [2.05, 4.69) is 39.4 Å². The number of hydrogen-bond donors (Lipinski definition) is 3. The number of hydrogen-bond acceptors (Lipinski definition) is 7. The quantitative estimate of drug-likeness (QED) is 0.211. The minimum absolute atomic E-state index is 0.0574. The van der Waals surface area contributed by atoms with E-state index in [4.69, 9.17) is 10.5 Å². The van der Waals surface area contributed by atoms with Gasteiger partial charge in [0.25, 0.3) is 5.91 Å². The summed E-state index contributed by atoms with van der Waals surface area (Å²) in [6.45, 7) is 4.13. The Hall–Kier alpha value is -5.05. The number of fused-ring (bicyclic) bond motifs is 1. The lowest BCUT2D eigenvalue weighted by molar-refractivity contribution is 0.102. The van der Waals surface area contributed by atoms with Gasteiger partial charge in [-0.3, -0.25) is 4.79 Å². The van der Waals surface area contributed by atoms with Crippen molar-refractivity contribution >= 4 is 39.8 Å². The van der Waals surface area contributed by atoms with E-state index in [0.717, 1.165) is 11.1 Å². The first-order chi connectivity index (χ1) is 18.4. The van der Waals surface area contributed by atoms with Crippen molar-refractivity contribution in [2.75, 3.05) is 16.4 Å². The lowest BCUT2D eigenvalue weighted by Crippen LogP contribution is -2.13. The minimum Gasteiger partial charge on any atom is -0.455 e. The third-order valence-corrected chi connectivity index (χ3v) is 5.83. The Balaban J connectivity index is 1.51. The zero-order valence-electron chi connectivity index (χ0n) is 20.8. The Morgan fingerprint density at radius 2 is 1.76 bits per heavy atom. The number of nitrogen functional groups attached to an aromatic ring is 1. The van der Waals surface area contributed by atoms with Gasteiger partial charge in [-0.1, -0.05) is 26.0 Å². The van der Waals surface area contributed by atoms with E-state index in [1.165, 1.54) is 24.5 Å². The monoisotopic (exact) mass is 508 g/mol. The van der Waals surface area contributed by atoms with Gasteiger partial charge < -0.3 is 21.1 Å². The second-order valence-electron chi connectivity index (χ2n) is 8.93. The van der Waals surface area contributed by atoms with Gasteiger partial charge in [-0.15, -0.1) is 0 Å². The number of nitrogens with one attached hydrogen (secondary N) is 2. The van der Waals surface area contributed by atoms with Crippen molar-refractivity contribution in [1.29, 1.82) is 0 Å². The molecule has 5 aromatic rings. The fourth-order valence-electron chi connectivity index (χ4n) is 3.81. The molecule has 38 heavy (non-hydrogen) atoms. The number of nitrogens with zero attached hydrogens (tertiary/aromatic N) is 3. The minimum atomic E-state index is -0.604. The molecule has 0 aliphatic rings. The van der Waals surface area contributed by atoms with Crippen LogP contribution in [0.25, 0.3) is 11.0 Å². The molecule has 0 spiro atoms. The molecule has 2 aromatic heterocycles. The molecule has 0 saturated carbocycles. The number of anilines is 4. The predicted octanol–water partition coefficient (Wildman–Crippen LogP) is 6.66. The predicted molar refractivity (Wildman–Crippen MR) is 146 cm³/mol. The molecule has 0 unspecified atom stereocenters. The Labute approximate surface area is 218 Å². The van der Waals surface area contributed by atoms with E-state index in [-0.39, 0.29) is 11.5 Å². The van der Waals surface area contributed by atoms with E-state index >= 15 is 0 Å². The molecule has 0 aliphatic heterocycles. The molecule has 5 rings (SSSR count). The average molecular weight is 509 g/mol. The smallest absolute Gasteiger partial charge is 0.258 e. The molecule has 190 valence electrons. The SMILES string of the molecule is CC(C)c1ccc2c(Nc3cc(NC(=O)c4ccccc4F)ccc3Oc3ccc(N)cc3)ncnc2n1. The van der Waals surface area contributed by atoms with E-state index in [9.17, 15) is 9.18 Å². The highest BCUT2D eigenvalue weighted by Crippen LogP contribution is 2.35. The van der Waals surface area contributed by atoms with Gasteiger partial charge in [0.1, 0.15) is 23.7 Å². The summed E-state index contributed by atoms with van der Waals surface area (Å²) in [7, 11) is 0. The molecule has 0 saturated heterocycles. The van der Waals surface area contributed by atoms with Crippen molar-refractivity contribution in [1.82, 2.24) is 15.0 Å². The maximum atomic E-state index is 14.1. The number of amides is 1. The van der Waals surface area contributed by atoms with E-state index < -0.39 is 11.7 Å². The van der Waals surface area contributed by atoms with Crippen LogP contribution in [-0.4, -0.2) is 20.9 Å². The second-order valence-corrected chi connectivity index (χ2v) is 8.93. The molecule has 0 aliphatic carbocycles. The summed E-state index contributed by atoms with van der Waals surface area (Å²) in [6.07, 6.45) is 1.44. The zero-order valence-corrected chi connectivity index (χ0v) is 20.8. The second kappa shape index (κ2) is 10.5. The number of nitrogens with two attached hydrogens (primary N) is 1. The lowest BCUT2D eigenvalue weighted by atomic mass is 10.1. The normalized spacial score (nSPS) is 10.9. The summed E-state index contributed by atoms with van der Waals surface area (Å²) in [4.78, 5) is 26.1. The fourth-order valence-corrected chi connectivity index (χ4v) is 3.81. The maximum absolute atomic E-state index is 14.1. The Morgan fingerprint density at radius 3 is 2.53 bits per heavy atom. The number of aromatic nitrogens is 3. The maximum Gasteiger partial charge on any atom is 0.258 e. The molecular formula is C29H25FN6O2. The standard InChI is InChI=1S/C29H25FN6O2/c1-17(2)24-13-12-22-27(35-24)32-16-33-28(22)36-25-15-19(34-29(37)21-5-3-4-6-23(21)30)9-14-26(25)38-20-10-7-18(31)8-11-20/h3-17H,31H2,1-2H3,(H,34,37)(H,32,33,35,36). The van der Waals surface area contributed by atoms with Crippen molar-refractivity contribution in [3.63, 3.8) is 0 Å². The average Bonchev–Trinajstić information content (AvgIpc) is 2.91. The van der Waals surface area contributed by atoms with Crippen LogP contribution in [0.3, 0.4) is 0 Å². The Morgan fingerprint density at radius 1 is 0.974 bits per heavy atom. The molecule has 0 atom stereocenters. The highest BCUT2D eigenvalue weighted by Gasteiger charge is 2.15. The molecule has 4 N–H and O–H groups in total. The number of pyridine rings is 1. The highest BCUT2D eigenvalue weighted by molar-refractivity contribution is 6.05. The van der Waals surface area contributed by atoms with Gasteiger partial charge in [-0.2, -0.15) is 0 Å². The largest absolute Gasteiger partial charge is 0.455 e. The number of carbonyl (C=O) groups excluding carboxylic acids is 1. The highest BCUT2D eigenvalue weighted by atomic mass is 19.1. The third kappa shape index (κ3) is 5.36. The first kappa shape index (κ1) is 24.6. The number of ether oxygens (including phenoxy) is 1. The topological polar surface area (TPSA) is 115 Å². The fraction of sp³-hybridized carbons (Fsp3) is 0.103. The van der Waals surface area contributed by atoms with Crippen LogP contribution in [0.15, 0.2) is 85.2 Å². The molecule has 0 fully saturated rings. The number of halogens is 1. The molecule has 0 bridgehead atoms. The van der Waals surface area contributed by atoms with Gasteiger partial charge in [0.2, 0.25) is 0 Å². The van der Waals surface area contributed by atoms with Gasteiger partial charge in [-0.05, 0) is 72.6 Å². The number of carbonyl (C=O) groups is 1. The van der Waals surface area contributed by atoms with Crippen LogP contribution in [0.2, 0.25) is 0 Å².